The molecule has 7 rings (SSSR count). The van der Waals surface area contributed by atoms with Gasteiger partial charge in [-0.05, 0) is 91.9 Å². The van der Waals surface area contributed by atoms with Crippen LogP contribution in [-0.4, -0.2) is 12.5 Å². The molecule has 1 N–H and O–H groups in total. The highest BCUT2D eigenvalue weighted by Gasteiger charge is 2.53. The van der Waals surface area contributed by atoms with Crippen LogP contribution in [0.4, 0.5) is 22.7 Å². The lowest BCUT2D eigenvalue weighted by molar-refractivity contribution is 0.0224. The van der Waals surface area contributed by atoms with Crippen molar-refractivity contribution < 1.29 is 14.3 Å². The predicted octanol–water partition coefficient (Wildman–Crippen LogP) is 13.7. The number of hydrogen-bond acceptors (Lipinski definition) is 5. The molecule has 1 atom stereocenters. The highest BCUT2D eigenvalue weighted by atomic mass is 16.6. The molecule has 54 heavy (non-hydrogen) atoms. The molecule has 2 aliphatic rings. The van der Waals surface area contributed by atoms with Gasteiger partial charge in [-0.2, -0.15) is 0 Å². The summed E-state index contributed by atoms with van der Waals surface area (Å²) in [6.45, 7) is 7.54. The summed E-state index contributed by atoms with van der Waals surface area (Å²) in [6.07, 6.45) is 16.4. The number of aryl methyl sites for hydroxylation is 2. The third kappa shape index (κ3) is 7.92. The van der Waals surface area contributed by atoms with Crippen LogP contribution < -0.4 is 15.0 Å². The Kier molecular flexibility index (Phi) is 12.0. The Labute approximate surface area is 322 Å². The number of unbranched alkanes of at least 4 members (excludes halogenated alkanes) is 10. The van der Waals surface area contributed by atoms with E-state index in [2.05, 4.69) is 85.6 Å². The molecule has 2 aliphatic heterocycles. The number of nitrogens with one attached hydrogen (secondary N) is 1. The van der Waals surface area contributed by atoms with Gasteiger partial charge in [-0.1, -0.05) is 127 Å². The van der Waals surface area contributed by atoms with Crippen molar-refractivity contribution >= 4 is 28.7 Å². The molecule has 0 saturated carbocycles. The van der Waals surface area contributed by atoms with Crippen LogP contribution in [0.15, 0.2) is 109 Å². The van der Waals surface area contributed by atoms with Crippen molar-refractivity contribution in [1.82, 2.24) is 0 Å². The van der Waals surface area contributed by atoms with E-state index in [-0.39, 0.29) is 5.97 Å². The number of fused-ring (bicyclic) bond motifs is 6. The molecule has 1 unspecified atom stereocenters. The van der Waals surface area contributed by atoms with E-state index in [0.29, 0.717) is 17.1 Å². The molecule has 0 aliphatic carbocycles. The van der Waals surface area contributed by atoms with Crippen LogP contribution in [0.3, 0.4) is 0 Å². The van der Waals surface area contributed by atoms with Gasteiger partial charge in [0, 0.05) is 52.1 Å². The molecule has 2 heterocycles. The maximum absolute atomic E-state index is 13.6. The maximum Gasteiger partial charge on any atom is 0.340 e. The summed E-state index contributed by atoms with van der Waals surface area (Å²) in [5, 5.41) is 3.59. The van der Waals surface area contributed by atoms with Crippen LogP contribution in [0.5, 0.6) is 11.5 Å². The molecule has 0 bridgehead atoms. The molecule has 0 aromatic heterocycles. The molecule has 1 spiro atoms. The molecule has 0 amide bonds. The largest absolute Gasteiger partial charge is 0.456 e. The van der Waals surface area contributed by atoms with E-state index in [9.17, 15) is 4.79 Å². The quantitative estimate of drug-likeness (QED) is 0.0721. The van der Waals surface area contributed by atoms with Gasteiger partial charge in [-0.25, -0.2) is 4.79 Å². The van der Waals surface area contributed by atoms with E-state index in [4.69, 9.17) is 9.47 Å². The second-order valence-corrected chi connectivity index (χ2v) is 15.2. The van der Waals surface area contributed by atoms with Gasteiger partial charge in [0.05, 0.1) is 5.56 Å². The van der Waals surface area contributed by atoms with E-state index >= 15 is 0 Å². The van der Waals surface area contributed by atoms with E-state index in [1.165, 1.54) is 81.9 Å². The molecule has 5 heteroatoms. The van der Waals surface area contributed by atoms with E-state index < -0.39 is 5.60 Å². The fourth-order valence-electron chi connectivity index (χ4n) is 8.20. The van der Waals surface area contributed by atoms with Crippen molar-refractivity contribution in [3.63, 3.8) is 0 Å². The van der Waals surface area contributed by atoms with Crippen LogP contribution in [0.2, 0.25) is 0 Å². The van der Waals surface area contributed by atoms with Gasteiger partial charge in [0.2, 0.25) is 0 Å². The van der Waals surface area contributed by atoms with Crippen molar-refractivity contribution in [3.8, 4) is 11.5 Å². The van der Waals surface area contributed by atoms with Crippen LogP contribution in [0.1, 0.15) is 129 Å². The SMILES string of the molecule is CCCCCCCCCCN(c1ccc(CCCCCC)cc1)c1ccc2c(c1)Oc1cc(C)c(Nc3ccccc3)cc1C21OC(=O)c2ccccc21. The highest BCUT2D eigenvalue weighted by molar-refractivity contribution is 5.97. The van der Waals surface area contributed by atoms with E-state index in [1.54, 1.807) is 0 Å². The van der Waals surface area contributed by atoms with Crippen molar-refractivity contribution in [1.29, 1.82) is 0 Å². The molecular weight excluding hydrogens is 665 g/mol. The smallest absolute Gasteiger partial charge is 0.340 e. The van der Waals surface area contributed by atoms with Crippen molar-refractivity contribution in [2.24, 2.45) is 0 Å². The minimum Gasteiger partial charge on any atom is -0.456 e. The number of benzene rings is 5. The standard InChI is InChI=1S/C49H56N2O3/c1-4-6-8-10-11-12-13-20-32-51(39-28-26-37(27-29-39)21-15-9-7-5-2)40-30-31-43-47(34-40)53-46-33-36(3)45(50-38-22-16-14-17-23-38)35-44(46)49(43)42-25-19-18-24-41(42)48(52)54-49/h14,16-19,22-31,33-35,50H,4-13,15,20-21,32H2,1-3H3. The lowest BCUT2D eigenvalue weighted by Gasteiger charge is -2.38. The molecule has 0 fully saturated rings. The van der Waals surface area contributed by atoms with Gasteiger partial charge >= 0.3 is 5.97 Å². The highest BCUT2D eigenvalue weighted by Crippen LogP contribution is 2.57. The molecule has 280 valence electrons. The van der Waals surface area contributed by atoms with E-state index in [0.717, 1.165) is 58.7 Å². The van der Waals surface area contributed by atoms with Gasteiger partial charge in [-0.15, -0.1) is 0 Å². The maximum atomic E-state index is 13.6. The predicted molar refractivity (Wildman–Crippen MR) is 223 cm³/mol. The van der Waals surface area contributed by atoms with Gasteiger partial charge < -0.3 is 19.7 Å². The number of hydrogen-bond donors (Lipinski definition) is 1. The van der Waals surface area contributed by atoms with Gasteiger partial charge in [0.15, 0.2) is 5.60 Å². The Morgan fingerprint density at radius 3 is 2.02 bits per heavy atom. The second kappa shape index (κ2) is 17.4. The fourth-order valence-corrected chi connectivity index (χ4v) is 8.20. The minimum atomic E-state index is -1.14. The summed E-state index contributed by atoms with van der Waals surface area (Å²) in [7, 11) is 0. The number of ether oxygens (including phenoxy) is 2. The summed E-state index contributed by atoms with van der Waals surface area (Å²) in [4.78, 5) is 16.1. The fraction of sp³-hybridized carbons (Fsp3) is 0.367. The molecule has 5 aromatic rings. The van der Waals surface area contributed by atoms with Gasteiger partial charge in [-0.3, -0.25) is 0 Å². The van der Waals surface area contributed by atoms with Gasteiger partial charge in [0.1, 0.15) is 11.5 Å². The Morgan fingerprint density at radius 2 is 1.26 bits per heavy atom. The van der Waals surface area contributed by atoms with Crippen LogP contribution in [-0.2, 0) is 16.8 Å². The molecule has 0 radical (unpaired) electrons. The Bertz CT molecular complexity index is 2020. The monoisotopic (exact) mass is 720 g/mol. The average Bonchev–Trinajstić information content (AvgIpc) is 3.49. The lowest BCUT2D eigenvalue weighted by atomic mass is 9.77. The number of rotatable bonds is 18. The minimum absolute atomic E-state index is 0.322. The zero-order valence-corrected chi connectivity index (χ0v) is 32.5. The number of carbonyl (C=O) groups excluding carboxylic acids is 1. The topological polar surface area (TPSA) is 50.8 Å². The van der Waals surface area contributed by atoms with Crippen molar-refractivity contribution in [3.05, 3.63) is 143 Å². The summed E-state index contributed by atoms with van der Waals surface area (Å²) in [5.41, 5.74) is 8.56. The lowest BCUT2D eigenvalue weighted by Crippen LogP contribution is -2.33. The second-order valence-electron chi connectivity index (χ2n) is 15.2. The number of para-hydroxylation sites is 1. The van der Waals surface area contributed by atoms with Crippen LogP contribution in [0, 0.1) is 6.92 Å². The van der Waals surface area contributed by atoms with Crippen LogP contribution >= 0.6 is 0 Å². The Hall–Kier alpha value is -5.03. The number of esters is 1. The number of nitrogens with zero attached hydrogens (tertiary/aromatic N) is 1. The summed E-state index contributed by atoms with van der Waals surface area (Å²) >= 11 is 0. The Balaban J connectivity index is 1.24. The van der Waals surface area contributed by atoms with Crippen molar-refractivity contribution in [2.45, 2.75) is 110 Å². The average molecular weight is 721 g/mol. The van der Waals surface area contributed by atoms with Crippen molar-refractivity contribution in [2.75, 3.05) is 16.8 Å². The zero-order valence-electron chi connectivity index (χ0n) is 32.5. The third-order valence-electron chi connectivity index (χ3n) is 11.2. The summed E-state index contributed by atoms with van der Waals surface area (Å²) in [5.74, 6) is 1.08. The number of carbonyl (C=O) groups is 1. The summed E-state index contributed by atoms with van der Waals surface area (Å²) in [6, 6.07) is 37.8. The zero-order chi connectivity index (χ0) is 37.3. The first kappa shape index (κ1) is 37.3. The van der Waals surface area contributed by atoms with Gasteiger partial charge in [0.25, 0.3) is 0 Å². The number of anilines is 4. The van der Waals surface area contributed by atoms with Crippen LogP contribution in [0.25, 0.3) is 0 Å². The molecule has 5 aromatic carbocycles. The summed E-state index contributed by atoms with van der Waals surface area (Å²) < 4.78 is 13.4. The molecule has 5 nitrogen and oxygen atoms in total. The molecular formula is C49H56N2O3. The first-order valence-corrected chi connectivity index (χ1v) is 20.5. The third-order valence-corrected chi connectivity index (χ3v) is 11.2. The van der Waals surface area contributed by atoms with E-state index in [1.807, 2.05) is 54.6 Å². The Morgan fingerprint density at radius 1 is 0.611 bits per heavy atom. The first-order valence-electron chi connectivity index (χ1n) is 20.5. The first-order chi connectivity index (χ1) is 26.5. The molecule has 0 saturated heterocycles. The normalized spacial score (nSPS) is 15.3.